The molecule has 1 heterocycles. The summed E-state index contributed by atoms with van der Waals surface area (Å²) in [5, 5.41) is 0.437. The van der Waals surface area contributed by atoms with Gasteiger partial charge < -0.3 is 4.74 Å². The fraction of sp³-hybridized carbons (Fsp3) is 0.286. The minimum absolute atomic E-state index is 0.437. The number of methoxy groups -OCH3 is 1. The van der Waals surface area contributed by atoms with E-state index in [-0.39, 0.29) is 0 Å². The van der Waals surface area contributed by atoms with E-state index < -0.39 is 0 Å². The van der Waals surface area contributed by atoms with Gasteiger partial charge in [0, 0.05) is 11.3 Å². The molecule has 0 aromatic carbocycles. The monoisotopic (exact) mass is 189 g/mol. The first-order valence-corrected chi connectivity index (χ1v) is 4.09. The van der Waals surface area contributed by atoms with Gasteiger partial charge in [-0.15, -0.1) is 0 Å². The van der Waals surface area contributed by atoms with Crippen molar-refractivity contribution in [3.05, 3.63) is 22.8 Å². The predicted octanol–water partition coefficient (Wildman–Crippen LogP) is 2.17. The summed E-state index contributed by atoms with van der Waals surface area (Å²) in [5.41, 5.74) is 0.945. The molecule has 0 saturated heterocycles. The molecular formula is C7H8ClNOS. The Labute approximate surface area is 76.0 Å². The maximum Gasteiger partial charge on any atom is 0.218 e. The molecule has 4 heteroatoms. The third-order valence-electron chi connectivity index (χ3n) is 1.27. The quantitative estimate of drug-likeness (QED) is 0.569. The third kappa shape index (κ3) is 2.01. The van der Waals surface area contributed by atoms with Crippen LogP contribution in [0.2, 0.25) is 5.15 Å². The maximum atomic E-state index is 5.64. The number of ether oxygens (including phenoxy) is 1. The van der Waals surface area contributed by atoms with Crippen LogP contribution in [0.15, 0.2) is 12.1 Å². The van der Waals surface area contributed by atoms with Crippen molar-refractivity contribution in [2.75, 3.05) is 7.11 Å². The molecule has 0 bridgehead atoms. The Kier molecular flexibility index (Phi) is 3.02. The second kappa shape index (κ2) is 3.83. The molecule has 60 valence electrons. The largest absolute Gasteiger partial charge is 0.481 e. The van der Waals surface area contributed by atoms with E-state index >= 15 is 0 Å². The Morgan fingerprint density at radius 3 is 2.91 bits per heavy atom. The van der Waals surface area contributed by atoms with Crippen molar-refractivity contribution in [1.29, 1.82) is 0 Å². The van der Waals surface area contributed by atoms with E-state index in [1.807, 2.05) is 6.07 Å². The minimum atomic E-state index is 0.437. The number of halogens is 1. The lowest BCUT2D eigenvalue weighted by Gasteiger charge is -2.03. The summed E-state index contributed by atoms with van der Waals surface area (Å²) < 4.78 is 4.97. The molecule has 0 amide bonds. The predicted molar refractivity (Wildman–Crippen MR) is 48.5 cm³/mol. The molecule has 0 aliphatic rings. The van der Waals surface area contributed by atoms with Crippen molar-refractivity contribution >= 4 is 24.2 Å². The van der Waals surface area contributed by atoms with Crippen LogP contribution in [0.4, 0.5) is 0 Å². The van der Waals surface area contributed by atoms with Gasteiger partial charge in [-0.1, -0.05) is 11.6 Å². The van der Waals surface area contributed by atoms with E-state index in [0.29, 0.717) is 16.8 Å². The molecule has 11 heavy (non-hydrogen) atoms. The second-order valence-corrected chi connectivity index (χ2v) is 2.66. The lowest BCUT2D eigenvalue weighted by molar-refractivity contribution is 0.394. The van der Waals surface area contributed by atoms with Crippen LogP contribution in [-0.2, 0) is 5.75 Å². The Balaban J connectivity index is 3.06. The topological polar surface area (TPSA) is 22.1 Å². The molecule has 0 saturated carbocycles. The first kappa shape index (κ1) is 8.68. The van der Waals surface area contributed by atoms with E-state index in [1.54, 1.807) is 13.2 Å². The molecule has 0 radical (unpaired) electrons. The number of nitrogens with zero attached hydrogens (tertiary/aromatic N) is 1. The van der Waals surface area contributed by atoms with E-state index in [2.05, 4.69) is 17.6 Å². The SMILES string of the molecule is COc1nc(Cl)ccc1CS. The fourth-order valence-electron chi connectivity index (χ4n) is 0.744. The van der Waals surface area contributed by atoms with Crippen molar-refractivity contribution in [3.8, 4) is 5.88 Å². The zero-order valence-electron chi connectivity index (χ0n) is 6.04. The molecule has 0 N–H and O–H groups in total. The summed E-state index contributed by atoms with van der Waals surface area (Å²) in [7, 11) is 1.56. The Hall–Kier alpha value is -0.410. The fourth-order valence-corrected chi connectivity index (χ4v) is 1.12. The summed E-state index contributed by atoms with van der Waals surface area (Å²) in [5.74, 6) is 1.15. The molecular weight excluding hydrogens is 182 g/mol. The number of hydrogen-bond donors (Lipinski definition) is 1. The van der Waals surface area contributed by atoms with Gasteiger partial charge in [-0.2, -0.15) is 12.6 Å². The number of aromatic nitrogens is 1. The zero-order valence-corrected chi connectivity index (χ0v) is 7.69. The zero-order chi connectivity index (χ0) is 8.27. The summed E-state index contributed by atoms with van der Waals surface area (Å²) in [6, 6.07) is 3.57. The van der Waals surface area contributed by atoms with Gasteiger partial charge in [0.05, 0.1) is 7.11 Å². The van der Waals surface area contributed by atoms with Crippen molar-refractivity contribution in [2.24, 2.45) is 0 Å². The van der Waals surface area contributed by atoms with Crippen LogP contribution >= 0.6 is 24.2 Å². The van der Waals surface area contributed by atoms with Crippen molar-refractivity contribution in [2.45, 2.75) is 5.75 Å². The van der Waals surface area contributed by atoms with Gasteiger partial charge in [-0.3, -0.25) is 0 Å². The van der Waals surface area contributed by atoms with Crippen LogP contribution in [0.3, 0.4) is 0 Å². The summed E-state index contributed by atoms with van der Waals surface area (Å²) in [6.45, 7) is 0. The minimum Gasteiger partial charge on any atom is -0.481 e. The number of hydrogen-bond acceptors (Lipinski definition) is 3. The number of pyridine rings is 1. The van der Waals surface area contributed by atoms with Crippen LogP contribution in [0.1, 0.15) is 5.56 Å². The van der Waals surface area contributed by atoms with Gasteiger partial charge in [0.15, 0.2) is 0 Å². The first-order chi connectivity index (χ1) is 5.27. The molecule has 1 rings (SSSR count). The molecule has 0 aliphatic heterocycles. The van der Waals surface area contributed by atoms with Gasteiger partial charge in [0.25, 0.3) is 0 Å². The lowest BCUT2D eigenvalue weighted by Crippen LogP contribution is -1.92. The van der Waals surface area contributed by atoms with E-state index in [4.69, 9.17) is 16.3 Å². The molecule has 2 nitrogen and oxygen atoms in total. The highest BCUT2D eigenvalue weighted by Crippen LogP contribution is 2.19. The van der Waals surface area contributed by atoms with Crippen molar-refractivity contribution in [1.82, 2.24) is 4.98 Å². The first-order valence-electron chi connectivity index (χ1n) is 3.08. The maximum absolute atomic E-state index is 5.64. The van der Waals surface area contributed by atoms with Crippen LogP contribution in [-0.4, -0.2) is 12.1 Å². The highest BCUT2D eigenvalue weighted by atomic mass is 35.5. The summed E-state index contributed by atoms with van der Waals surface area (Å²) in [6.07, 6.45) is 0. The number of rotatable bonds is 2. The Morgan fingerprint density at radius 1 is 1.64 bits per heavy atom. The molecule has 1 aromatic rings. The van der Waals surface area contributed by atoms with Gasteiger partial charge in [0.1, 0.15) is 5.15 Å². The second-order valence-electron chi connectivity index (χ2n) is 1.96. The van der Waals surface area contributed by atoms with E-state index in [9.17, 15) is 0 Å². The molecule has 0 unspecified atom stereocenters. The van der Waals surface area contributed by atoms with Gasteiger partial charge in [0.2, 0.25) is 5.88 Å². The van der Waals surface area contributed by atoms with Gasteiger partial charge in [-0.25, -0.2) is 4.98 Å². The average Bonchev–Trinajstić information content (AvgIpc) is 2.04. The molecule has 0 aliphatic carbocycles. The highest BCUT2D eigenvalue weighted by Gasteiger charge is 2.02. The standard InChI is InChI=1S/C7H8ClNOS/c1-10-7-5(4-11)2-3-6(8)9-7/h2-3,11H,4H2,1H3. The van der Waals surface area contributed by atoms with Gasteiger partial charge >= 0.3 is 0 Å². The van der Waals surface area contributed by atoms with Crippen LogP contribution in [0, 0.1) is 0 Å². The Bertz CT molecular complexity index is 254. The summed E-state index contributed by atoms with van der Waals surface area (Å²) >= 11 is 9.74. The van der Waals surface area contributed by atoms with Crippen LogP contribution < -0.4 is 4.74 Å². The third-order valence-corrected chi connectivity index (χ3v) is 1.82. The molecule has 1 aromatic heterocycles. The highest BCUT2D eigenvalue weighted by molar-refractivity contribution is 7.79. The van der Waals surface area contributed by atoms with Crippen LogP contribution in [0.5, 0.6) is 5.88 Å². The lowest BCUT2D eigenvalue weighted by atomic mass is 10.3. The van der Waals surface area contributed by atoms with Crippen LogP contribution in [0.25, 0.3) is 0 Å². The molecule has 0 spiro atoms. The van der Waals surface area contributed by atoms with Gasteiger partial charge in [-0.05, 0) is 12.1 Å². The summed E-state index contributed by atoms with van der Waals surface area (Å²) in [4.78, 5) is 3.96. The molecule has 0 fully saturated rings. The van der Waals surface area contributed by atoms with Crippen molar-refractivity contribution in [3.63, 3.8) is 0 Å². The Morgan fingerprint density at radius 2 is 2.36 bits per heavy atom. The van der Waals surface area contributed by atoms with E-state index in [0.717, 1.165) is 5.56 Å². The normalized spacial score (nSPS) is 9.73. The number of thiol groups is 1. The average molecular weight is 190 g/mol. The smallest absolute Gasteiger partial charge is 0.218 e. The molecule has 0 atom stereocenters. The van der Waals surface area contributed by atoms with Crippen molar-refractivity contribution < 1.29 is 4.74 Å². The van der Waals surface area contributed by atoms with E-state index in [1.165, 1.54) is 0 Å².